The Kier molecular flexibility index (Phi) is 11.1. The predicted octanol–water partition coefficient (Wildman–Crippen LogP) is -0.724. The average Bonchev–Trinajstić information content (AvgIpc) is 2.02. The summed E-state index contributed by atoms with van der Waals surface area (Å²) in [6, 6.07) is 0. The summed E-state index contributed by atoms with van der Waals surface area (Å²) >= 11 is 0. The summed E-state index contributed by atoms with van der Waals surface area (Å²) in [6.45, 7) is 6.10. The van der Waals surface area contributed by atoms with Crippen LogP contribution in [0.25, 0.3) is 0 Å². The van der Waals surface area contributed by atoms with E-state index in [2.05, 4.69) is 24.7 Å². The molecule has 0 amide bonds. The van der Waals surface area contributed by atoms with Gasteiger partial charge in [-0.15, -0.1) is 0 Å². The van der Waals surface area contributed by atoms with Crippen molar-refractivity contribution in [3.05, 3.63) is 0 Å². The molecule has 0 saturated carbocycles. The minimum Gasteiger partial charge on any atom is -0.473 e. The lowest BCUT2D eigenvalue weighted by molar-refractivity contribution is -0.159. The Labute approximate surface area is 70.6 Å². The molecule has 0 aliphatic rings. The maximum absolute atomic E-state index is 9.10. The van der Waals surface area contributed by atoms with Crippen LogP contribution in [0.2, 0.25) is 0 Å². The highest BCUT2D eigenvalue weighted by Gasteiger charge is 2.04. The van der Waals surface area contributed by atoms with Gasteiger partial charge in [0, 0.05) is 13.1 Å². The molecule has 0 unspecified atom stereocenters. The van der Waals surface area contributed by atoms with Gasteiger partial charge in [-0.25, -0.2) is 9.59 Å². The van der Waals surface area contributed by atoms with E-state index in [9.17, 15) is 0 Å². The molecule has 0 aliphatic carbocycles. The van der Waals surface area contributed by atoms with Crippen molar-refractivity contribution in [3.8, 4) is 0 Å². The summed E-state index contributed by atoms with van der Waals surface area (Å²) in [5.41, 5.74) is 5.90. The van der Waals surface area contributed by atoms with E-state index < -0.39 is 11.9 Å². The molecule has 0 atom stereocenters. The Hall–Kier alpha value is -1.14. The Bertz CT molecular complexity index is 122. The first-order chi connectivity index (χ1) is 5.56. The summed E-state index contributed by atoms with van der Waals surface area (Å²) in [7, 11) is 0. The van der Waals surface area contributed by atoms with Crippen LogP contribution in [-0.2, 0) is 9.59 Å². The van der Waals surface area contributed by atoms with Crippen LogP contribution >= 0.6 is 0 Å². The second kappa shape index (κ2) is 9.86. The van der Waals surface area contributed by atoms with E-state index in [1.807, 2.05) is 0 Å². The van der Waals surface area contributed by atoms with Crippen molar-refractivity contribution in [2.24, 2.45) is 0 Å². The minimum absolute atomic E-state index is 0.994. The smallest absolute Gasteiger partial charge is 0.414 e. The van der Waals surface area contributed by atoms with Gasteiger partial charge in [0.25, 0.3) is 0 Å². The number of hydrogen-bond donors (Lipinski definition) is 4. The zero-order chi connectivity index (χ0) is 9.98. The molecule has 0 saturated heterocycles. The first-order valence-electron chi connectivity index (χ1n) is 3.48. The molecule has 6 nitrogen and oxygen atoms in total. The fourth-order valence-electron chi connectivity index (χ4n) is 0.250. The lowest BCUT2D eigenvalue weighted by Gasteiger charge is -1.95. The van der Waals surface area contributed by atoms with E-state index in [1.54, 1.807) is 0 Å². The van der Waals surface area contributed by atoms with Gasteiger partial charge in [0.2, 0.25) is 0 Å². The normalized spacial score (nSPS) is 8.17. The van der Waals surface area contributed by atoms with Crippen LogP contribution in [0.3, 0.4) is 0 Å². The molecule has 0 heterocycles. The minimum atomic E-state index is -1.82. The van der Waals surface area contributed by atoms with Gasteiger partial charge in [-0.05, 0) is 0 Å². The van der Waals surface area contributed by atoms with Crippen LogP contribution in [-0.4, -0.2) is 35.2 Å². The molecule has 0 aromatic carbocycles. The van der Waals surface area contributed by atoms with Crippen molar-refractivity contribution in [2.75, 3.05) is 13.1 Å². The Balaban J connectivity index is 0. The van der Waals surface area contributed by atoms with Crippen LogP contribution in [0.4, 0.5) is 0 Å². The molecule has 0 spiro atoms. The van der Waals surface area contributed by atoms with Gasteiger partial charge < -0.3 is 10.2 Å². The van der Waals surface area contributed by atoms with E-state index in [-0.39, 0.29) is 0 Å². The SMILES string of the molecule is CCNNCC.O=C(O)C(=O)O. The second-order valence-corrected chi connectivity index (χ2v) is 1.67. The van der Waals surface area contributed by atoms with E-state index >= 15 is 0 Å². The number of nitrogens with one attached hydrogen (secondary N) is 2. The molecule has 6 heteroatoms. The predicted molar refractivity (Wildman–Crippen MR) is 42.6 cm³/mol. The standard InChI is InChI=1S/C4H12N2.C2H2O4/c1-3-5-6-4-2;3-1(4)2(5)6/h5-6H,3-4H2,1-2H3;(H,3,4)(H,5,6). The average molecular weight is 178 g/mol. The summed E-state index contributed by atoms with van der Waals surface area (Å²) in [4.78, 5) is 18.2. The van der Waals surface area contributed by atoms with Gasteiger partial charge >= 0.3 is 11.9 Å². The second-order valence-electron chi connectivity index (χ2n) is 1.67. The third-order valence-electron chi connectivity index (χ3n) is 0.662. The van der Waals surface area contributed by atoms with Crippen LogP contribution in [0.15, 0.2) is 0 Å². The van der Waals surface area contributed by atoms with Gasteiger partial charge in [-0.2, -0.15) is 0 Å². The molecule has 0 radical (unpaired) electrons. The van der Waals surface area contributed by atoms with Gasteiger partial charge in [0.05, 0.1) is 0 Å². The van der Waals surface area contributed by atoms with E-state index in [1.165, 1.54) is 0 Å². The fraction of sp³-hybridized carbons (Fsp3) is 0.667. The van der Waals surface area contributed by atoms with Gasteiger partial charge in [0.1, 0.15) is 0 Å². The van der Waals surface area contributed by atoms with Crippen molar-refractivity contribution in [1.82, 2.24) is 10.9 Å². The zero-order valence-electron chi connectivity index (χ0n) is 7.13. The van der Waals surface area contributed by atoms with Crippen molar-refractivity contribution in [2.45, 2.75) is 13.8 Å². The Morgan fingerprint density at radius 2 is 1.25 bits per heavy atom. The Morgan fingerprint density at radius 1 is 1.00 bits per heavy atom. The van der Waals surface area contributed by atoms with Crippen LogP contribution in [0.1, 0.15) is 13.8 Å². The van der Waals surface area contributed by atoms with E-state index in [0.29, 0.717) is 0 Å². The molecule has 0 rings (SSSR count). The van der Waals surface area contributed by atoms with E-state index in [0.717, 1.165) is 13.1 Å². The van der Waals surface area contributed by atoms with E-state index in [4.69, 9.17) is 19.8 Å². The Morgan fingerprint density at radius 3 is 1.33 bits per heavy atom. The number of hydrazine groups is 1. The number of carboxylic acids is 2. The lowest BCUT2D eigenvalue weighted by atomic mass is 10.7. The summed E-state index contributed by atoms with van der Waals surface area (Å²) in [5, 5.41) is 14.8. The summed E-state index contributed by atoms with van der Waals surface area (Å²) in [6.07, 6.45) is 0. The van der Waals surface area contributed by atoms with Gasteiger partial charge in [-0.3, -0.25) is 10.9 Å². The molecule has 72 valence electrons. The molecule has 0 bridgehead atoms. The van der Waals surface area contributed by atoms with Crippen molar-refractivity contribution >= 4 is 11.9 Å². The highest BCUT2D eigenvalue weighted by atomic mass is 16.4. The molecule has 0 aromatic heterocycles. The largest absolute Gasteiger partial charge is 0.473 e. The zero-order valence-corrected chi connectivity index (χ0v) is 7.13. The third-order valence-corrected chi connectivity index (χ3v) is 0.662. The highest BCUT2D eigenvalue weighted by molar-refractivity contribution is 6.27. The number of carboxylic acid groups (broad SMARTS) is 2. The van der Waals surface area contributed by atoms with Crippen molar-refractivity contribution in [3.63, 3.8) is 0 Å². The summed E-state index contributed by atoms with van der Waals surface area (Å²) in [5.74, 6) is -3.65. The topological polar surface area (TPSA) is 98.7 Å². The van der Waals surface area contributed by atoms with Crippen LogP contribution in [0.5, 0.6) is 0 Å². The molecule has 0 aromatic rings. The maximum Gasteiger partial charge on any atom is 0.414 e. The molecule has 12 heavy (non-hydrogen) atoms. The molecule has 4 N–H and O–H groups in total. The number of carbonyl (C=O) groups is 2. The first-order valence-corrected chi connectivity index (χ1v) is 3.48. The number of aliphatic carboxylic acids is 2. The van der Waals surface area contributed by atoms with Crippen molar-refractivity contribution in [1.29, 1.82) is 0 Å². The monoisotopic (exact) mass is 178 g/mol. The maximum atomic E-state index is 9.10. The molecular formula is C6H14N2O4. The molecule has 0 fully saturated rings. The quantitative estimate of drug-likeness (QED) is 0.258. The molecule has 0 aliphatic heterocycles. The number of rotatable bonds is 3. The number of hydrogen-bond acceptors (Lipinski definition) is 4. The third kappa shape index (κ3) is 15.9. The lowest BCUT2D eigenvalue weighted by Crippen LogP contribution is -2.30. The summed E-state index contributed by atoms with van der Waals surface area (Å²) < 4.78 is 0. The highest BCUT2D eigenvalue weighted by Crippen LogP contribution is 1.56. The fourth-order valence-corrected chi connectivity index (χ4v) is 0.250. The van der Waals surface area contributed by atoms with Crippen LogP contribution < -0.4 is 10.9 Å². The van der Waals surface area contributed by atoms with Crippen molar-refractivity contribution < 1.29 is 19.8 Å². The van der Waals surface area contributed by atoms with Crippen LogP contribution in [0, 0.1) is 0 Å². The van der Waals surface area contributed by atoms with Gasteiger partial charge in [0.15, 0.2) is 0 Å². The van der Waals surface area contributed by atoms with Gasteiger partial charge in [-0.1, -0.05) is 13.8 Å². The first kappa shape index (κ1) is 13.4. The molecular weight excluding hydrogens is 164 g/mol.